The Balaban J connectivity index is 2.13. The number of aliphatic hydroxyl groups is 1. The zero-order valence-corrected chi connectivity index (χ0v) is 16.4. The lowest BCUT2D eigenvalue weighted by atomic mass is 10.1. The van der Waals surface area contributed by atoms with Gasteiger partial charge in [0, 0.05) is 17.1 Å². The maximum Gasteiger partial charge on any atom is 0.421 e. The van der Waals surface area contributed by atoms with E-state index in [4.69, 9.17) is 16.7 Å². The molecule has 0 aliphatic heterocycles. The molecule has 0 saturated heterocycles. The molecule has 1 amide bonds. The fourth-order valence-electron chi connectivity index (χ4n) is 2.79. The van der Waals surface area contributed by atoms with Gasteiger partial charge in [0.05, 0.1) is 11.9 Å². The number of halogens is 6. The number of aryl methyl sites for hydroxylation is 1. The third-order valence-corrected chi connectivity index (χ3v) is 4.78. The van der Waals surface area contributed by atoms with Crippen LogP contribution in [0.25, 0.3) is 16.8 Å². The molecular formula is C18H14ClF5N4O3. The smallest absolute Gasteiger partial charge is 0.385 e. The predicted molar refractivity (Wildman–Crippen MR) is 100 cm³/mol. The van der Waals surface area contributed by atoms with Gasteiger partial charge in [0.1, 0.15) is 17.2 Å². The summed E-state index contributed by atoms with van der Waals surface area (Å²) in [6.45, 7) is 0.724. The Morgan fingerprint density at radius 1 is 1.35 bits per heavy atom. The number of alkyl halides is 5. The van der Waals surface area contributed by atoms with Crippen LogP contribution in [0, 0.1) is 6.92 Å². The van der Waals surface area contributed by atoms with Crippen molar-refractivity contribution >= 4 is 23.0 Å². The number of carbonyl (C=O) groups is 1. The van der Waals surface area contributed by atoms with Crippen molar-refractivity contribution < 1.29 is 31.9 Å². The molecule has 0 spiro atoms. The largest absolute Gasteiger partial charge is 0.421 e. The summed E-state index contributed by atoms with van der Waals surface area (Å²) in [5.74, 6) is -1.48. The second kappa shape index (κ2) is 8.27. The normalized spacial score (nSPS) is 13.1. The second-order valence-corrected chi connectivity index (χ2v) is 6.99. The van der Waals surface area contributed by atoms with E-state index in [0.29, 0.717) is 15.1 Å². The number of hydrogen-bond donors (Lipinski definition) is 3. The predicted octanol–water partition coefficient (Wildman–Crippen LogP) is 3.03. The van der Waals surface area contributed by atoms with Crippen LogP contribution in [0.1, 0.15) is 21.6 Å². The van der Waals surface area contributed by atoms with E-state index in [0.717, 1.165) is 11.8 Å². The number of amides is 1. The molecule has 0 saturated carbocycles. The van der Waals surface area contributed by atoms with Crippen LogP contribution in [0.15, 0.2) is 29.2 Å². The molecule has 2 heterocycles. The van der Waals surface area contributed by atoms with Crippen molar-refractivity contribution in [1.82, 2.24) is 19.9 Å². The van der Waals surface area contributed by atoms with Crippen molar-refractivity contribution in [2.75, 3.05) is 6.54 Å². The van der Waals surface area contributed by atoms with Crippen LogP contribution in [0.4, 0.5) is 22.0 Å². The first-order valence-electron chi connectivity index (χ1n) is 8.64. The van der Waals surface area contributed by atoms with E-state index in [-0.39, 0.29) is 5.69 Å². The number of carbonyl (C=O) groups excluding carboxylic acids is 1. The number of H-pyrrole nitrogens is 1. The monoisotopic (exact) mass is 464 g/mol. The number of nitrogens with zero attached hydrogens (tertiary/aromatic N) is 2. The zero-order chi connectivity index (χ0) is 23.1. The van der Waals surface area contributed by atoms with E-state index in [9.17, 15) is 31.5 Å². The Morgan fingerprint density at radius 2 is 2.03 bits per heavy atom. The molecule has 3 N–H and O–H groups in total. The topological polar surface area (TPSA) is 99.5 Å². The summed E-state index contributed by atoms with van der Waals surface area (Å²) >= 11 is 6.05. The number of aromatic amines is 1. The quantitative estimate of drug-likeness (QED) is 0.505. The van der Waals surface area contributed by atoms with Gasteiger partial charge < -0.3 is 15.4 Å². The van der Waals surface area contributed by atoms with Crippen molar-refractivity contribution in [3.8, 4) is 11.3 Å². The van der Waals surface area contributed by atoms with Gasteiger partial charge >= 0.3 is 6.18 Å². The van der Waals surface area contributed by atoms with Gasteiger partial charge in [-0.1, -0.05) is 23.7 Å². The van der Waals surface area contributed by atoms with E-state index in [1.54, 1.807) is 24.4 Å². The van der Waals surface area contributed by atoms with Crippen molar-refractivity contribution in [2.45, 2.75) is 25.6 Å². The van der Waals surface area contributed by atoms with E-state index in [2.05, 4.69) is 10.1 Å². The number of aliphatic hydroxyl groups excluding tert-OH is 1. The third kappa shape index (κ3) is 4.54. The van der Waals surface area contributed by atoms with Gasteiger partial charge in [-0.15, -0.1) is 0 Å². The average Bonchev–Trinajstić information content (AvgIpc) is 3.08. The summed E-state index contributed by atoms with van der Waals surface area (Å²) in [5, 5.41) is 14.7. The number of benzene rings is 1. The van der Waals surface area contributed by atoms with Crippen molar-refractivity contribution in [3.63, 3.8) is 0 Å². The van der Waals surface area contributed by atoms with Gasteiger partial charge in [0.25, 0.3) is 17.9 Å². The maximum atomic E-state index is 13.6. The first kappa shape index (κ1) is 22.7. The highest BCUT2D eigenvalue weighted by molar-refractivity contribution is 6.31. The van der Waals surface area contributed by atoms with Crippen molar-refractivity contribution in [1.29, 1.82) is 0 Å². The molecule has 166 valence electrons. The highest BCUT2D eigenvalue weighted by Crippen LogP contribution is 2.34. The van der Waals surface area contributed by atoms with Gasteiger partial charge in [-0.05, 0) is 18.6 Å². The van der Waals surface area contributed by atoms with Gasteiger partial charge in [-0.25, -0.2) is 13.3 Å². The molecule has 3 aromatic rings. The van der Waals surface area contributed by atoms with E-state index in [1.165, 1.54) is 6.07 Å². The highest BCUT2D eigenvalue weighted by Gasteiger charge is 2.41. The maximum absolute atomic E-state index is 13.6. The second-order valence-electron chi connectivity index (χ2n) is 6.59. The molecule has 0 aliphatic carbocycles. The summed E-state index contributed by atoms with van der Waals surface area (Å²) in [4.78, 5) is 26.9. The van der Waals surface area contributed by atoms with Crippen LogP contribution in [0.3, 0.4) is 0 Å². The Labute approximate surface area is 175 Å². The minimum absolute atomic E-state index is 0.0794. The van der Waals surface area contributed by atoms with Crippen molar-refractivity contribution in [2.24, 2.45) is 0 Å². The lowest BCUT2D eigenvalue weighted by molar-refractivity contribution is -0.136. The molecule has 2 aromatic heterocycles. The molecule has 1 aromatic carbocycles. The minimum atomic E-state index is -5.16. The molecule has 0 radical (unpaired) electrons. The Hall–Kier alpha value is -2.99. The molecule has 0 aliphatic rings. The molecular weight excluding hydrogens is 451 g/mol. The Bertz CT molecular complexity index is 1210. The first-order valence-corrected chi connectivity index (χ1v) is 9.01. The fraction of sp³-hybridized carbons (Fsp3) is 0.278. The number of aromatic nitrogens is 3. The first-order chi connectivity index (χ1) is 14.4. The fourth-order valence-corrected chi connectivity index (χ4v) is 2.97. The SMILES string of the molecule is Cc1ccc(-c2cn3nc(C(=O)NCC(O)C(F)F)c(C(F)(F)F)c3c(=O)[nH]2)cc1Cl. The lowest BCUT2D eigenvalue weighted by Gasteiger charge is -2.11. The summed E-state index contributed by atoms with van der Waals surface area (Å²) in [6.07, 6.45) is -9.58. The number of fused-ring (bicyclic) bond motifs is 1. The third-order valence-electron chi connectivity index (χ3n) is 4.37. The van der Waals surface area contributed by atoms with E-state index < -0.39 is 53.5 Å². The lowest BCUT2D eigenvalue weighted by Crippen LogP contribution is -2.36. The summed E-state index contributed by atoms with van der Waals surface area (Å²) in [6, 6.07) is 4.70. The molecule has 3 rings (SSSR count). The molecule has 7 nitrogen and oxygen atoms in total. The Morgan fingerprint density at radius 3 is 2.61 bits per heavy atom. The average molecular weight is 465 g/mol. The van der Waals surface area contributed by atoms with E-state index >= 15 is 0 Å². The number of nitrogens with one attached hydrogen (secondary N) is 2. The van der Waals surface area contributed by atoms with Gasteiger partial charge in [-0.2, -0.15) is 18.3 Å². The summed E-state index contributed by atoms with van der Waals surface area (Å²) in [7, 11) is 0. The molecule has 0 fully saturated rings. The molecule has 1 atom stereocenters. The zero-order valence-electron chi connectivity index (χ0n) is 15.6. The van der Waals surface area contributed by atoms with Gasteiger partial charge in [-0.3, -0.25) is 9.59 Å². The molecule has 1 unspecified atom stereocenters. The standard InChI is InChI=1S/C18H14ClF5N4O3/c1-7-2-3-8(4-9(7)19)10-6-28-14(17(31)26-10)12(18(22,23)24)13(27-28)16(30)25-5-11(29)15(20)21/h2-4,6,11,15,29H,5H2,1H3,(H,25,30)(H,26,31). The number of hydrogen-bond acceptors (Lipinski definition) is 4. The van der Waals surface area contributed by atoms with Crippen LogP contribution >= 0.6 is 11.6 Å². The number of rotatable bonds is 5. The van der Waals surface area contributed by atoms with Crippen LogP contribution in [-0.4, -0.2) is 44.7 Å². The highest BCUT2D eigenvalue weighted by atomic mass is 35.5. The van der Waals surface area contributed by atoms with Crippen LogP contribution in [-0.2, 0) is 6.18 Å². The van der Waals surface area contributed by atoms with E-state index in [1.807, 2.05) is 0 Å². The van der Waals surface area contributed by atoms with Crippen molar-refractivity contribution in [3.05, 3.63) is 56.6 Å². The Kier molecular flexibility index (Phi) is 6.05. The molecule has 13 heteroatoms. The minimum Gasteiger partial charge on any atom is -0.385 e. The summed E-state index contributed by atoms with van der Waals surface area (Å²) < 4.78 is 66.2. The van der Waals surface area contributed by atoms with Crippen LogP contribution in [0.5, 0.6) is 0 Å². The molecule has 0 bridgehead atoms. The van der Waals surface area contributed by atoms with Gasteiger partial charge in [0.2, 0.25) is 0 Å². The van der Waals surface area contributed by atoms with Crippen LogP contribution < -0.4 is 10.9 Å². The summed E-state index contributed by atoms with van der Waals surface area (Å²) in [5.41, 5.74) is -3.77. The van der Waals surface area contributed by atoms with Crippen LogP contribution in [0.2, 0.25) is 5.02 Å². The molecule has 31 heavy (non-hydrogen) atoms. The van der Waals surface area contributed by atoms with Gasteiger partial charge in [0.15, 0.2) is 5.69 Å².